The SMILES string of the molecule is COc1cc(OC2CCCC(N)C2)nc(C)n1. The smallest absolute Gasteiger partial charge is 0.220 e. The molecule has 0 amide bonds. The van der Waals surface area contributed by atoms with Gasteiger partial charge in [-0.1, -0.05) is 0 Å². The Morgan fingerprint density at radius 1 is 1.29 bits per heavy atom. The number of ether oxygens (including phenoxy) is 2. The van der Waals surface area contributed by atoms with Gasteiger partial charge in [0, 0.05) is 6.04 Å². The molecule has 0 spiro atoms. The highest BCUT2D eigenvalue weighted by Crippen LogP contribution is 2.23. The van der Waals surface area contributed by atoms with Crippen LogP contribution in [0.3, 0.4) is 0 Å². The molecule has 2 rings (SSSR count). The Balaban J connectivity index is 2.04. The summed E-state index contributed by atoms with van der Waals surface area (Å²) in [5.41, 5.74) is 5.93. The van der Waals surface area contributed by atoms with Gasteiger partial charge in [-0.15, -0.1) is 0 Å². The molecule has 2 atom stereocenters. The lowest BCUT2D eigenvalue weighted by Gasteiger charge is -2.26. The van der Waals surface area contributed by atoms with E-state index in [1.165, 1.54) is 0 Å². The second-order valence-electron chi connectivity index (χ2n) is 4.46. The van der Waals surface area contributed by atoms with E-state index in [-0.39, 0.29) is 12.1 Å². The van der Waals surface area contributed by atoms with Crippen molar-refractivity contribution in [1.82, 2.24) is 9.97 Å². The minimum absolute atomic E-state index is 0.165. The zero-order valence-electron chi connectivity index (χ0n) is 10.3. The normalized spacial score (nSPS) is 24.4. The van der Waals surface area contributed by atoms with E-state index >= 15 is 0 Å². The molecule has 94 valence electrons. The first-order chi connectivity index (χ1) is 8.17. The molecule has 1 aromatic heterocycles. The number of aromatic nitrogens is 2. The second-order valence-corrected chi connectivity index (χ2v) is 4.46. The Hall–Kier alpha value is -1.36. The summed E-state index contributed by atoms with van der Waals surface area (Å²) in [5, 5.41) is 0. The van der Waals surface area contributed by atoms with Crippen LogP contribution in [0.5, 0.6) is 11.8 Å². The number of rotatable bonds is 3. The van der Waals surface area contributed by atoms with Crippen molar-refractivity contribution in [1.29, 1.82) is 0 Å². The fraction of sp³-hybridized carbons (Fsp3) is 0.667. The maximum Gasteiger partial charge on any atom is 0.220 e. The van der Waals surface area contributed by atoms with Gasteiger partial charge in [0.05, 0.1) is 13.2 Å². The summed E-state index contributed by atoms with van der Waals surface area (Å²) < 4.78 is 10.9. The summed E-state index contributed by atoms with van der Waals surface area (Å²) in [7, 11) is 1.59. The number of methoxy groups -OCH3 is 1. The van der Waals surface area contributed by atoms with Crippen molar-refractivity contribution in [2.75, 3.05) is 7.11 Å². The van der Waals surface area contributed by atoms with Gasteiger partial charge in [-0.25, -0.2) is 0 Å². The monoisotopic (exact) mass is 237 g/mol. The summed E-state index contributed by atoms with van der Waals surface area (Å²) in [5.74, 6) is 1.76. The Bertz CT molecular complexity index is 384. The lowest BCUT2D eigenvalue weighted by Crippen LogP contribution is -2.33. The van der Waals surface area contributed by atoms with Crippen LogP contribution in [0.1, 0.15) is 31.5 Å². The van der Waals surface area contributed by atoms with E-state index < -0.39 is 0 Å². The maximum absolute atomic E-state index is 5.93. The highest BCUT2D eigenvalue weighted by molar-refractivity contribution is 5.20. The zero-order valence-corrected chi connectivity index (χ0v) is 10.3. The predicted octanol–water partition coefficient (Wildman–Crippen LogP) is 1.44. The maximum atomic E-state index is 5.93. The lowest BCUT2D eigenvalue weighted by atomic mass is 9.94. The number of nitrogens with two attached hydrogens (primary N) is 1. The van der Waals surface area contributed by atoms with Crippen LogP contribution in [-0.4, -0.2) is 29.2 Å². The van der Waals surface area contributed by atoms with Crippen molar-refractivity contribution in [2.24, 2.45) is 5.73 Å². The molecule has 1 saturated carbocycles. The molecule has 1 heterocycles. The van der Waals surface area contributed by atoms with Crippen LogP contribution >= 0.6 is 0 Å². The van der Waals surface area contributed by atoms with E-state index in [2.05, 4.69) is 9.97 Å². The average Bonchev–Trinajstić information content (AvgIpc) is 2.28. The van der Waals surface area contributed by atoms with E-state index in [1.807, 2.05) is 6.92 Å². The van der Waals surface area contributed by atoms with Gasteiger partial charge in [-0.05, 0) is 32.6 Å². The fourth-order valence-corrected chi connectivity index (χ4v) is 2.14. The van der Waals surface area contributed by atoms with Crippen molar-refractivity contribution < 1.29 is 9.47 Å². The van der Waals surface area contributed by atoms with Crippen LogP contribution in [0.15, 0.2) is 6.07 Å². The molecule has 17 heavy (non-hydrogen) atoms. The van der Waals surface area contributed by atoms with Crippen LogP contribution in [0.25, 0.3) is 0 Å². The molecule has 0 bridgehead atoms. The molecule has 1 aliphatic rings. The van der Waals surface area contributed by atoms with Gasteiger partial charge < -0.3 is 15.2 Å². The van der Waals surface area contributed by atoms with Gasteiger partial charge in [0.1, 0.15) is 11.9 Å². The molecule has 1 aliphatic carbocycles. The molecule has 5 heteroatoms. The van der Waals surface area contributed by atoms with Gasteiger partial charge in [-0.2, -0.15) is 9.97 Å². The standard InChI is InChI=1S/C12H19N3O2/c1-8-14-11(16-2)7-12(15-8)17-10-5-3-4-9(13)6-10/h7,9-10H,3-6,13H2,1-2H3. The molecule has 1 fully saturated rings. The van der Waals surface area contributed by atoms with Gasteiger partial charge in [-0.3, -0.25) is 0 Å². The van der Waals surface area contributed by atoms with Crippen LogP contribution in [0.2, 0.25) is 0 Å². The van der Waals surface area contributed by atoms with Gasteiger partial charge in [0.15, 0.2) is 0 Å². The topological polar surface area (TPSA) is 70.3 Å². The average molecular weight is 237 g/mol. The minimum Gasteiger partial charge on any atom is -0.481 e. The fourth-order valence-electron chi connectivity index (χ4n) is 2.14. The van der Waals surface area contributed by atoms with Gasteiger partial charge in [0.25, 0.3) is 0 Å². The zero-order chi connectivity index (χ0) is 12.3. The third-order valence-corrected chi connectivity index (χ3v) is 2.95. The van der Waals surface area contributed by atoms with Crippen LogP contribution in [-0.2, 0) is 0 Å². The Morgan fingerprint density at radius 3 is 2.76 bits per heavy atom. The predicted molar refractivity (Wildman–Crippen MR) is 64.2 cm³/mol. The van der Waals surface area contributed by atoms with Crippen molar-refractivity contribution in [3.8, 4) is 11.8 Å². The molecule has 5 nitrogen and oxygen atoms in total. The quantitative estimate of drug-likeness (QED) is 0.861. The summed E-state index contributed by atoms with van der Waals surface area (Å²) >= 11 is 0. The van der Waals surface area contributed by atoms with Crippen molar-refractivity contribution in [3.05, 3.63) is 11.9 Å². The van der Waals surface area contributed by atoms with E-state index in [9.17, 15) is 0 Å². The summed E-state index contributed by atoms with van der Waals surface area (Å²) in [6.07, 6.45) is 4.31. The Labute approximate surface area is 101 Å². The number of nitrogens with zero attached hydrogens (tertiary/aromatic N) is 2. The molecular formula is C12H19N3O2. The van der Waals surface area contributed by atoms with Crippen molar-refractivity contribution >= 4 is 0 Å². The third kappa shape index (κ3) is 3.30. The first-order valence-electron chi connectivity index (χ1n) is 5.99. The summed E-state index contributed by atoms with van der Waals surface area (Å²) in [6, 6.07) is 1.96. The van der Waals surface area contributed by atoms with E-state index in [0.29, 0.717) is 17.6 Å². The van der Waals surface area contributed by atoms with Gasteiger partial charge >= 0.3 is 0 Å². The molecule has 0 aromatic carbocycles. The van der Waals surface area contributed by atoms with Crippen molar-refractivity contribution in [2.45, 2.75) is 44.8 Å². The molecular weight excluding hydrogens is 218 g/mol. The molecule has 0 aliphatic heterocycles. The largest absolute Gasteiger partial charge is 0.481 e. The number of hydrogen-bond acceptors (Lipinski definition) is 5. The lowest BCUT2D eigenvalue weighted by molar-refractivity contribution is 0.137. The molecule has 1 aromatic rings. The van der Waals surface area contributed by atoms with Gasteiger partial charge in [0.2, 0.25) is 11.8 Å². The molecule has 2 N–H and O–H groups in total. The van der Waals surface area contributed by atoms with Crippen molar-refractivity contribution in [3.63, 3.8) is 0 Å². The third-order valence-electron chi connectivity index (χ3n) is 2.95. The highest BCUT2D eigenvalue weighted by atomic mass is 16.5. The first kappa shape index (κ1) is 12.1. The van der Waals surface area contributed by atoms with Crippen LogP contribution < -0.4 is 15.2 Å². The first-order valence-corrected chi connectivity index (χ1v) is 5.99. The Morgan fingerprint density at radius 2 is 2.06 bits per heavy atom. The minimum atomic E-state index is 0.165. The molecule has 2 unspecified atom stereocenters. The highest BCUT2D eigenvalue weighted by Gasteiger charge is 2.21. The molecule has 0 radical (unpaired) electrons. The molecule has 0 saturated heterocycles. The van der Waals surface area contributed by atoms with E-state index in [1.54, 1.807) is 13.2 Å². The van der Waals surface area contributed by atoms with E-state index in [4.69, 9.17) is 15.2 Å². The van der Waals surface area contributed by atoms with E-state index in [0.717, 1.165) is 25.7 Å². The number of aryl methyl sites for hydroxylation is 1. The van der Waals surface area contributed by atoms with Crippen LogP contribution in [0.4, 0.5) is 0 Å². The van der Waals surface area contributed by atoms with Crippen LogP contribution in [0, 0.1) is 6.92 Å². The summed E-state index contributed by atoms with van der Waals surface area (Å²) in [4.78, 5) is 8.37. The number of hydrogen-bond donors (Lipinski definition) is 1. The second kappa shape index (κ2) is 5.31. The summed E-state index contributed by atoms with van der Waals surface area (Å²) in [6.45, 7) is 1.82. The Kier molecular flexibility index (Phi) is 3.78.